The molecule has 4 N–H and O–H groups in total. The van der Waals surface area contributed by atoms with Crippen LogP contribution in [0.15, 0.2) is 18.6 Å². The maximum Gasteiger partial charge on any atom is 0.272 e. The molecule has 2 heterocycles. The summed E-state index contributed by atoms with van der Waals surface area (Å²) in [5.74, 6) is 1.12. The number of carbonyl (C=O) groups excluding carboxylic acids is 1. The van der Waals surface area contributed by atoms with E-state index in [2.05, 4.69) is 25.3 Å². The lowest BCUT2D eigenvalue weighted by molar-refractivity contribution is 0.0929. The molecule has 1 atom stereocenters. The highest BCUT2D eigenvalue weighted by Gasteiger charge is 2.20. The zero-order valence-corrected chi connectivity index (χ0v) is 12.4. The Morgan fingerprint density at radius 3 is 2.76 bits per heavy atom. The molecule has 0 saturated heterocycles. The second-order valence-corrected chi connectivity index (χ2v) is 5.10. The highest BCUT2D eigenvalue weighted by Crippen LogP contribution is 2.16. The van der Waals surface area contributed by atoms with E-state index >= 15 is 0 Å². The molecule has 0 aromatic carbocycles. The van der Waals surface area contributed by atoms with Crippen LogP contribution in [-0.4, -0.2) is 25.8 Å². The fourth-order valence-corrected chi connectivity index (χ4v) is 1.92. The molecule has 7 heteroatoms. The summed E-state index contributed by atoms with van der Waals surface area (Å²) in [6, 6.07) is -0.204. The van der Waals surface area contributed by atoms with Crippen molar-refractivity contribution in [2.75, 3.05) is 5.73 Å². The van der Waals surface area contributed by atoms with Gasteiger partial charge in [0.25, 0.3) is 5.91 Å². The molecule has 7 nitrogen and oxygen atoms in total. The van der Waals surface area contributed by atoms with Gasteiger partial charge in [-0.25, -0.2) is 15.0 Å². The minimum atomic E-state index is -0.319. The molecule has 0 spiro atoms. The number of carbonyl (C=O) groups is 1. The zero-order valence-electron chi connectivity index (χ0n) is 12.4. The molecule has 0 fully saturated rings. The first-order chi connectivity index (χ1) is 10.0. The predicted octanol–water partition coefficient (Wildman–Crippen LogP) is 1.79. The van der Waals surface area contributed by atoms with Crippen molar-refractivity contribution in [3.63, 3.8) is 0 Å². The summed E-state index contributed by atoms with van der Waals surface area (Å²) in [7, 11) is 0. The molecule has 21 heavy (non-hydrogen) atoms. The van der Waals surface area contributed by atoms with Gasteiger partial charge in [-0.15, -0.1) is 0 Å². The van der Waals surface area contributed by atoms with Crippen molar-refractivity contribution in [1.29, 1.82) is 0 Å². The molecule has 112 valence electrons. The van der Waals surface area contributed by atoms with Crippen LogP contribution in [0.4, 0.5) is 5.69 Å². The zero-order chi connectivity index (χ0) is 15.4. The minimum absolute atomic E-state index is 0.129. The summed E-state index contributed by atoms with van der Waals surface area (Å²) in [6.45, 7) is 5.89. The van der Waals surface area contributed by atoms with Crippen LogP contribution < -0.4 is 11.1 Å². The summed E-state index contributed by atoms with van der Waals surface area (Å²) < 4.78 is 0. The number of nitrogen functional groups attached to an aromatic ring is 1. The summed E-state index contributed by atoms with van der Waals surface area (Å²) in [5, 5.41) is 2.89. The topological polar surface area (TPSA) is 110 Å². The van der Waals surface area contributed by atoms with Crippen molar-refractivity contribution in [2.45, 2.75) is 39.2 Å². The van der Waals surface area contributed by atoms with E-state index in [0.29, 0.717) is 18.1 Å². The van der Waals surface area contributed by atoms with Crippen molar-refractivity contribution in [3.05, 3.63) is 35.9 Å². The molecule has 1 unspecified atom stereocenters. The number of nitrogens with one attached hydrogen (secondary N) is 2. The number of rotatable bonds is 5. The highest BCUT2D eigenvalue weighted by molar-refractivity contribution is 5.97. The molecule has 0 aliphatic heterocycles. The molecular formula is C14H20N6O. The van der Waals surface area contributed by atoms with Crippen LogP contribution in [0.25, 0.3) is 0 Å². The van der Waals surface area contributed by atoms with Gasteiger partial charge < -0.3 is 16.0 Å². The summed E-state index contributed by atoms with van der Waals surface area (Å²) in [4.78, 5) is 27.9. The molecule has 0 aliphatic carbocycles. The van der Waals surface area contributed by atoms with Gasteiger partial charge in [-0.1, -0.05) is 20.8 Å². The van der Waals surface area contributed by atoms with Crippen LogP contribution in [-0.2, 0) is 0 Å². The second-order valence-electron chi connectivity index (χ2n) is 5.10. The Morgan fingerprint density at radius 1 is 1.43 bits per heavy atom. The smallest absolute Gasteiger partial charge is 0.272 e. The van der Waals surface area contributed by atoms with Gasteiger partial charge in [0.15, 0.2) is 5.69 Å². The lowest BCUT2D eigenvalue weighted by Crippen LogP contribution is -2.30. The van der Waals surface area contributed by atoms with E-state index in [1.807, 2.05) is 20.8 Å². The van der Waals surface area contributed by atoms with Gasteiger partial charge >= 0.3 is 0 Å². The van der Waals surface area contributed by atoms with Crippen molar-refractivity contribution in [2.24, 2.45) is 0 Å². The average Bonchev–Trinajstić information content (AvgIpc) is 2.98. The van der Waals surface area contributed by atoms with E-state index in [0.717, 1.165) is 0 Å². The summed E-state index contributed by atoms with van der Waals surface area (Å²) in [5.41, 5.74) is 6.29. The molecule has 2 rings (SSSR count). The number of hydrogen-bond acceptors (Lipinski definition) is 5. The van der Waals surface area contributed by atoms with Gasteiger partial charge in [0.05, 0.1) is 17.9 Å². The molecule has 2 aromatic rings. The van der Waals surface area contributed by atoms with Crippen LogP contribution >= 0.6 is 0 Å². The lowest BCUT2D eigenvalue weighted by atomic mass is 10.2. The number of aromatic amines is 1. The summed E-state index contributed by atoms with van der Waals surface area (Å²) in [6.07, 6.45) is 5.56. The van der Waals surface area contributed by atoms with E-state index in [1.54, 1.807) is 12.4 Å². The third-order valence-corrected chi connectivity index (χ3v) is 3.13. The predicted molar refractivity (Wildman–Crippen MR) is 79.6 cm³/mol. The quantitative estimate of drug-likeness (QED) is 0.777. The molecule has 0 saturated carbocycles. The van der Waals surface area contributed by atoms with Crippen LogP contribution in [0.5, 0.6) is 0 Å². The SMILES string of the molecule is CCC(NC(=O)c1nc(C(C)C)ncc1N)c1ncc[nH]1. The van der Waals surface area contributed by atoms with Crippen molar-refractivity contribution < 1.29 is 4.79 Å². The Bertz CT molecular complexity index is 608. The third kappa shape index (κ3) is 3.36. The first-order valence-electron chi connectivity index (χ1n) is 6.95. The molecule has 2 aromatic heterocycles. The number of amides is 1. The van der Waals surface area contributed by atoms with E-state index in [-0.39, 0.29) is 29.2 Å². The Balaban J connectivity index is 2.21. The Morgan fingerprint density at radius 2 is 2.19 bits per heavy atom. The number of nitrogens with two attached hydrogens (primary N) is 1. The standard InChI is InChI=1S/C14H20N6O/c1-4-10(13-16-5-6-17-13)19-14(21)11-9(15)7-18-12(20-11)8(2)3/h5-8,10H,4,15H2,1-3H3,(H,16,17)(H,19,21). The van der Waals surface area contributed by atoms with E-state index in [9.17, 15) is 4.79 Å². The first kappa shape index (κ1) is 15.0. The van der Waals surface area contributed by atoms with Gasteiger partial charge in [0, 0.05) is 18.3 Å². The fourth-order valence-electron chi connectivity index (χ4n) is 1.92. The van der Waals surface area contributed by atoms with Gasteiger partial charge in [-0.3, -0.25) is 4.79 Å². The molecular weight excluding hydrogens is 268 g/mol. The number of nitrogens with zero attached hydrogens (tertiary/aromatic N) is 3. The highest BCUT2D eigenvalue weighted by atomic mass is 16.2. The number of imidazole rings is 1. The molecule has 0 radical (unpaired) electrons. The lowest BCUT2D eigenvalue weighted by Gasteiger charge is -2.15. The monoisotopic (exact) mass is 288 g/mol. The maximum absolute atomic E-state index is 12.4. The maximum atomic E-state index is 12.4. The molecule has 1 amide bonds. The van der Waals surface area contributed by atoms with Gasteiger partial charge in [-0.2, -0.15) is 0 Å². The van der Waals surface area contributed by atoms with Crippen LogP contribution in [0.2, 0.25) is 0 Å². The van der Waals surface area contributed by atoms with Gasteiger partial charge in [0.2, 0.25) is 0 Å². The van der Waals surface area contributed by atoms with Gasteiger partial charge in [-0.05, 0) is 6.42 Å². The minimum Gasteiger partial charge on any atom is -0.396 e. The van der Waals surface area contributed by atoms with Crippen LogP contribution in [0.3, 0.4) is 0 Å². The van der Waals surface area contributed by atoms with Crippen LogP contribution in [0, 0.1) is 0 Å². The van der Waals surface area contributed by atoms with Crippen molar-refractivity contribution in [1.82, 2.24) is 25.3 Å². The Labute approximate surface area is 123 Å². The van der Waals surface area contributed by atoms with Gasteiger partial charge in [0.1, 0.15) is 11.6 Å². The summed E-state index contributed by atoms with van der Waals surface area (Å²) >= 11 is 0. The second kappa shape index (κ2) is 6.34. The van der Waals surface area contributed by atoms with E-state index < -0.39 is 0 Å². The largest absolute Gasteiger partial charge is 0.396 e. The van der Waals surface area contributed by atoms with Crippen LogP contribution in [0.1, 0.15) is 61.3 Å². The number of hydrogen-bond donors (Lipinski definition) is 3. The third-order valence-electron chi connectivity index (χ3n) is 3.13. The Hall–Kier alpha value is -2.44. The molecule has 0 bridgehead atoms. The number of anilines is 1. The normalized spacial score (nSPS) is 12.4. The molecule has 0 aliphatic rings. The van der Waals surface area contributed by atoms with E-state index in [4.69, 9.17) is 5.73 Å². The Kier molecular flexibility index (Phi) is 4.52. The number of H-pyrrole nitrogens is 1. The fraction of sp³-hybridized carbons (Fsp3) is 0.429. The number of aromatic nitrogens is 4. The van der Waals surface area contributed by atoms with E-state index in [1.165, 1.54) is 6.20 Å². The van der Waals surface area contributed by atoms with Crippen molar-refractivity contribution >= 4 is 11.6 Å². The average molecular weight is 288 g/mol. The first-order valence-corrected chi connectivity index (χ1v) is 6.95. The van der Waals surface area contributed by atoms with Crippen molar-refractivity contribution in [3.8, 4) is 0 Å².